The Morgan fingerprint density at radius 2 is 1.83 bits per heavy atom. The van der Waals surface area contributed by atoms with Crippen molar-refractivity contribution in [2.24, 2.45) is 17.3 Å². The third-order valence-electron chi connectivity index (χ3n) is 12.8. The molecule has 2 fully saturated rings. The fraction of sp³-hybridized carbons (Fsp3) is 0.682. The molecule has 9 nitrogen and oxygen atoms in total. The Morgan fingerprint density at radius 3 is 2.57 bits per heavy atom. The SMILES string of the molecule is CCCCc1oc(CCc2ccc(O)c(OC[C@H](NCC)c3cc4c([nH]3)CC3(CCCC3)[C@@H]3CCC[C@@H]3[C@@H]4[C@H](CCCO)NC[C@H](C)O)c2)cc1CO. The van der Waals surface area contributed by atoms with Gasteiger partial charge >= 0.3 is 0 Å². The molecule has 7 N–H and O–H groups in total. The molecule has 9 heteroatoms. The van der Waals surface area contributed by atoms with Crippen molar-refractivity contribution in [2.45, 2.75) is 148 Å². The maximum absolute atomic E-state index is 10.9. The van der Waals surface area contributed by atoms with E-state index >= 15 is 0 Å². The molecule has 1 spiro atoms. The summed E-state index contributed by atoms with van der Waals surface area (Å²) < 4.78 is 12.6. The van der Waals surface area contributed by atoms with Crippen LogP contribution in [0.3, 0.4) is 0 Å². The average molecular weight is 734 g/mol. The molecule has 294 valence electrons. The molecule has 0 unspecified atom stereocenters. The van der Waals surface area contributed by atoms with E-state index in [0.29, 0.717) is 48.5 Å². The number of fused-ring (bicyclic) bond motifs is 3. The van der Waals surface area contributed by atoms with Crippen molar-refractivity contribution in [3.05, 3.63) is 69.9 Å². The number of ether oxygens (including phenoxy) is 1. The summed E-state index contributed by atoms with van der Waals surface area (Å²) in [6, 6.07) is 10.1. The molecule has 0 saturated heterocycles. The van der Waals surface area contributed by atoms with Gasteiger partial charge in [0.25, 0.3) is 0 Å². The minimum atomic E-state index is -0.433. The van der Waals surface area contributed by atoms with Gasteiger partial charge in [-0.1, -0.05) is 45.6 Å². The zero-order valence-electron chi connectivity index (χ0n) is 32.6. The Balaban J connectivity index is 1.23. The fourth-order valence-corrected chi connectivity index (χ4v) is 10.4. The molecule has 1 aromatic carbocycles. The molecule has 3 aliphatic rings. The number of phenols is 1. The Kier molecular flexibility index (Phi) is 14.0. The summed E-state index contributed by atoms with van der Waals surface area (Å²) in [5.74, 6) is 3.95. The highest BCUT2D eigenvalue weighted by Gasteiger charge is 2.53. The molecule has 53 heavy (non-hydrogen) atoms. The average Bonchev–Trinajstić information content (AvgIpc) is 3.97. The number of furan rings is 1. The molecule has 2 aromatic heterocycles. The van der Waals surface area contributed by atoms with Gasteiger partial charge in [0.15, 0.2) is 11.5 Å². The predicted molar refractivity (Wildman–Crippen MR) is 209 cm³/mol. The van der Waals surface area contributed by atoms with Crippen LogP contribution in [0, 0.1) is 17.3 Å². The van der Waals surface area contributed by atoms with E-state index in [1.807, 2.05) is 25.1 Å². The van der Waals surface area contributed by atoms with Crippen LogP contribution in [0.5, 0.6) is 11.5 Å². The Bertz CT molecular complexity index is 1570. The lowest BCUT2D eigenvalue weighted by atomic mass is 9.65. The highest BCUT2D eigenvalue weighted by Crippen LogP contribution is 2.61. The zero-order valence-corrected chi connectivity index (χ0v) is 32.6. The normalized spacial score (nSPS) is 22.4. The molecule has 0 bridgehead atoms. The number of unbranched alkanes of at least 4 members (excludes halogenated alkanes) is 1. The highest BCUT2D eigenvalue weighted by atomic mass is 16.5. The number of aryl methyl sites for hydroxylation is 3. The quantitative estimate of drug-likeness (QED) is 0.0638. The van der Waals surface area contributed by atoms with Gasteiger partial charge in [0, 0.05) is 54.9 Å². The lowest BCUT2D eigenvalue weighted by Gasteiger charge is -2.41. The molecular weight excluding hydrogens is 666 g/mol. The van der Waals surface area contributed by atoms with E-state index in [1.165, 1.54) is 56.2 Å². The first kappa shape index (κ1) is 39.9. The van der Waals surface area contributed by atoms with E-state index in [0.717, 1.165) is 79.8 Å². The molecule has 2 heterocycles. The summed E-state index contributed by atoms with van der Waals surface area (Å²) in [7, 11) is 0. The van der Waals surface area contributed by atoms with Crippen molar-refractivity contribution in [1.82, 2.24) is 15.6 Å². The number of hydrogen-bond donors (Lipinski definition) is 7. The van der Waals surface area contributed by atoms with Crippen LogP contribution >= 0.6 is 0 Å². The van der Waals surface area contributed by atoms with E-state index in [9.17, 15) is 20.4 Å². The zero-order chi connectivity index (χ0) is 37.4. The van der Waals surface area contributed by atoms with Gasteiger partial charge < -0.3 is 45.2 Å². The second kappa shape index (κ2) is 18.7. The Morgan fingerprint density at radius 1 is 1.00 bits per heavy atom. The lowest BCUT2D eigenvalue weighted by Crippen LogP contribution is -2.43. The molecule has 0 aliphatic heterocycles. The van der Waals surface area contributed by atoms with Crippen LogP contribution in [-0.2, 0) is 32.3 Å². The van der Waals surface area contributed by atoms with Crippen molar-refractivity contribution < 1.29 is 29.6 Å². The van der Waals surface area contributed by atoms with E-state index < -0.39 is 6.10 Å². The number of phenolic OH excluding ortho intramolecular Hbond substituents is 1. The topological polar surface area (TPSA) is 143 Å². The Labute approximate surface area is 317 Å². The fourth-order valence-electron chi connectivity index (χ4n) is 10.4. The molecule has 0 amide bonds. The number of nitrogens with one attached hydrogen (secondary N) is 3. The largest absolute Gasteiger partial charge is 0.504 e. The van der Waals surface area contributed by atoms with Gasteiger partial charge in [-0.25, -0.2) is 0 Å². The third-order valence-corrected chi connectivity index (χ3v) is 12.8. The summed E-state index contributed by atoms with van der Waals surface area (Å²) in [5.41, 5.74) is 6.16. The van der Waals surface area contributed by atoms with Gasteiger partial charge in [-0.3, -0.25) is 0 Å². The van der Waals surface area contributed by atoms with Crippen molar-refractivity contribution >= 4 is 0 Å². The molecule has 6 rings (SSSR count). The van der Waals surface area contributed by atoms with Gasteiger partial charge in [-0.2, -0.15) is 0 Å². The summed E-state index contributed by atoms with van der Waals surface area (Å²) in [4.78, 5) is 3.97. The van der Waals surface area contributed by atoms with Crippen molar-refractivity contribution in [1.29, 1.82) is 0 Å². The van der Waals surface area contributed by atoms with Crippen LogP contribution in [-0.4, -0.2) is 63.9 Å². The number of aliphatic hydroxyl groups is 3. The number of likely N-dealkylation sites (N-methyl/N-ethyl adjacent to an activating group) is 1. The number of aromatic amines is 1. The second-order valence-corrected chi connectivity index (χ2v) is 16.5. The third kappa shape index (κ3) is 9.35. The number of aromatic hydroxyl groups is 1. The monoisotopic (exact) mass is 734 g/mol. The van der Waals surface area contributed by atoms with Crippen LogP contribution < -0.4 is 15.4 Å². The van der Waals surface area contributed by atoms with E-state index in [4.69, 9.17) is 9.15 Å². The van der Waals surface area contributed by atoms with E-state index in [2.05, 4.69) is 35.5 Å². The minimum Gasteiger partial charge on any atom is -0.504 e. The minimum absolute atomic E-state index is 0.0106. The number of H-pyrrole nitrogens is 1. The summed E-state index contributed by atoms with van der Waals surface area (Å²) in [5, 5.41) is 48.4. The van der Waals surface area contributed by atoms with Crippen molar-refractivity contribution in [2.75, 3.05) is 26.3 Å². The van der Waals surface area contributed by atoms with Gasteiger partial charge in [0.2, 0.25) is 0 Å². The number of benzene rings is 1. The summed E-state index contributed by atoms with van der Waals surface area (Å²) in [6.07, 6.45) is 15.7. The van der Waals surface area contributed by atoms with Crippen molar-refractivity contribution in [3.8, 4) is 11.5 Å². The lowest BCUT2D eigenvalue weighted by molar-refractivity contribution is 0.105. The van der Waals surface area contributed by atoms with Gasteiger partial charge in [-0.15, -0.1) is 0 Å². The number of hydrogen-bond acceptors (Lipinski definition) is 8. The standard InChI is InChI=1S/C44H67N3O6/c1-4-6-14-41-31(27-49)23-32(53-41)17-15-30-16-18-40(51)42(22-30)52-28-39(45-5-2)37-24-34-38(47-37)25-44(19-7-8-20-44)35-12-9-11-33(35)43(34)36(13-10-21-48)46-26-29(3)50/h16,18,22-24,29,33,35-36,39,43,45-51H,4-15,17,19-21,25-28H2,1-3H3/t29-,33-,35+,36-,39-,43-/m0/s1. The summed E-state index contributed by atoms with van der Waals surface area (Å²) in [6.45, 7) is 7.96. The molecule has 0 radical (unpaired) electrons. The molecule has 2 saturated carbocycles. The van der Waals surface area contributed by atoms with Crippen LogP contribution in [0.4, 0.5) is 0 Å². The molecule has 3 aromatic rings. The predicted octanol–water partition coefficient (Wildman–Crippen LogP) is 7.39. The second-order valence-electron chi connectivity index (χ2n) is 16.5. The first-order valence-electron chi connectivity index (χ1n) is 20.9. The van der Waals surface area contributed by atoms with Crippen molar-refractivity contribution in [3.63, 3.8) is 0 Å². The van der Waals surface area contributed by atoms with Gasteiger partial charge in [0.1, 0.15) is 18.1 Å². The molecular formula is C44H67N3O6. The van der Waals surface area contributed by atoms with Crippen LogP contribution in [0.15, 0.2) is 34.7 Å². The number of rotatable bonds is 20. The smallest absolute Gasteiger partial charge is 0.161 e. The summed E-state index contributed by atoms with van der Waals surface area (Å²) >= 11 is 0. The number of aromatic nitrogens is 1. The van der Waals surface area contributed by atoms with Gasteiger partial charge in [-0.05, 0) is 124 Å². The van der Waals surface area contributed by atoms with E-state index in [1.54, 1.807) is 6.07 Å². The first-order valence-corrected chi connectivity index (χ1v) is 20.9. The Hall–Kier alpha value is -2.82. The maximum atomic E-state index is 10.9. The van der Waals surface area contributed by atoms with Crippen LogP contribution in [0.1, 0.15) is 143 Å². The van der Waals surface area contributed by atoms with E-state index in [-0.39, 0.29) is 31.0 Å². The van der Waals surface area contributed by atoms with Gasteiger partial charge in [0.05, 0.1) is 18.8 Å². The first-order chi connectivity index (χ1) is 25.8. The van der Waals surface area contributed by atoms with Crippen LogP contribution in [0.25, 0.3) is 0 Å². The van der Waals surface area contributed by atoms with Crippen LogP contribution in [0.2, 0.25) is 0 Å². The number of aliphatic hydroxyl groups excluding tert-OH is 3. The molecule has 6 atom stereocenters. The highest BCUT2D eigenvalue weighted by molar-refractivity contribution is 5.42. The molecule has 3 aliphatic carbocycles. The maximum Gasteiger partial charge on any atom is 0.161 e.